The first-order valence-corrected chi connectivity index (χ1v) is 3.55. The van der Waals surface area contributed by atoms with Gasteiger partial charge in [-0.05, 0) is 20.8 Å². The number of hydrogen-bond acceptors (Lipinski definition) is 5. The Bertz CT molecular complexity index is 232. The largest absolute Gasteiger partial charge is 0.356 e. The summed E-state index contributed by atoms with van der Waals surface area (Å²) in [5, 5.41) is 0. The fourth-order valence-electron chi connectivity index (χ4n) is 0.434. The maximum Gasteiger partial charge on any atom is 0.356 e. The monoisotopic (exact) mass is 169 g/mol. The Labute approximate surface area is 70.7 Å². The minimum atomic E-state index is -0.368. The van der Waals surface area contributed by atoms with Crippen molar-refractivity contribution in [1.82, 2.24) is 15.0 Å². The summed E-state index contributed by atoms with van der Waals surface area (Å²) in [6.45, 7) is 5.61. The lowest BCUT2D eigenvalue weighted by molar-refractivity contribution is -0.279. The molecule has 0 saturated carbocycles. The maximum absolute atomic E-state index is 4.96. The van der Waals surface area contributed by atoms with Crippen LogP contribution in [0.5, 0.6) is 6.01 Å². The molecule has 1 aromatic rings. The van der Waals surface area contributed by atoms with Crippen LogP contribution >= 0.6 is 0 Å². The van der Waals surface area contributed by atoms with E-state index in [9.17, 15) is 0 Å². The van der Waals surface area contributed by atoms with Crippen molar-refractivity contribution < 1.29 is 9.78 Å². The number of rotatable bonds is 2. The van der Waals surface area contributed by atoms with Crippen molar-refractivity contribution in [2.24, 2.45) is 0 Å². The molecule has 5 heteroatoms. The van der Waals surface area contributed by atoms with Gasteiger partial charge in [0.1, 0.15) is 18.3 Å². The predicted molar refractivity (Wildman–Crippen MR) is 41.3 cm³/mol. The van der Waals surface area contributed by atoms with Crippen LogP contribution in [0.2, 0.25) is 0 Å². The van der Waals surface area contributed by atoms with Crippen LogP contribution in [-0.4, -0.2) is 20.6 Å². The van der Waals surface area contributed by atoms with Crippen LogP contribution in [0.3, 0.4) is 0 Å². The van der Waals surface area contributed by atoms with Crippen LogP contribution < -0.4 is 4.89 Å². The molecule has 0 atom stereocenters. The van der Waals surface area contributed by atoms with Crippen LogP contribution in [0.15, 0.2) is 12.7 Å². The Kier molecular flexibility index (Phi) is 2.54. The molecule has 66 valence electrons. The van der Waals surface area contributed by atoms with E-state index in [2.05, 4.69) is 15.0 Å². The van der Waals surface area contributed by atoms with E-state index in [0.29, 0.717) is 0 Å². The Hall–Kier alpha value is -1.23. The maximum atomic E-state index is 4.96. The van der Waals surface area contributed by atoms with Crippen molar-refractivity contribution in [3.05, 3.63) is 12.7 Å². The summed E-state index contributed by atoms with van der Waals surface area (Å²) < 4.78 is 0. The van der Waals surface area contributed by atoms with Gasteiger partial charge in [0.25, 0.3) is 0 Å². The summed E-state index contributed by atoms with van der Waals surface area (Å²) in [6, 6.07) is 0.167. The second kappa shape index (κ2) is 3.44. The van der Waals surface area contributed by atoms with Crippen LogP contribution in [0.4, 0.5) is 0 Å². The number of aromatic nitrogens is 3. The molecule has 1 heterocycles. The molecular formula is C7H11N3O2. The summed E-state index contributed by atoms with van der Waals surface area (Å²) in [6.07, 6.45) is 2.68. The first-order chi connectivity index (χ1) is 5.58. The molecule has 0 fully saturated rings. The van der Waals surface area contributed by atoms with E-state index in [1.165, 1.54) is 12.7 Å². The average molecular weight is 169 g/mol. The van der Waals surface area contributed by atoms with Gasteiger partial charge in [0.2, 0.25) is 0 Å². The Morgan fingerprint density at radius 1 is 1.17 bits per heavy atom. The zero-order valence-corrected chi connectivity index (χ0v) is 7.31. The third-order valence-corrected chi connectivity index (χ3v) is 0.836. The van der Waals surface area contributed by atoms with Gasteiger partial charge in [0.05, 0.1) is 0 Å². The molecule has 0 amide bonds. The first kappa shape index (κ1) is 8.86. The van der Waals surface area contributed by atoms with Gasteiger partial charge in [-0.25, -0.2) is 4.98 Å². The molecule has 0 aliphatic heterocycles. The highest BCUT2D eigenvalue weighted by Gasteiger charge is 2.13. The van der Waals surface area contributed by atoms with Crippen molar-refractivity contribution >= 4 is 0 Å². The summed E-state index contributed by atoms with van der Waals surface area (Å²) >= 11 is 0. The second-order valence-electron chi connectivity index (χ2n) is 3.20. The second-order valence-corrected chi connectivity index (χ2v) is 3.20. The normalized spacial score (nSPS) is 11.2. The molecular weight excluding hydrogens is 158 g/mol. The molecule has 0 N–H and O–H groups in total. The standard InChI is InChI=1S/C7H11N3O2/c1-7(2,3)12-11-6-9-4-8-5-10-6/h4-5H,1-3H3. The van der Waals surface area contributed by atoms with E-state index < -0.39 is 0 Å². The fraction of sp³-hybridized carbons (Fsp3) is 0.571. The fourth-order valence-corrected chi connectivity index (χ4v) is 0.434. The quantitative estimate of drug-likeness (QED) is 0.488. The summed E-state index contributed by atoms with van der Waals surface area (Å²) in [7, 11) is 0. The number of hydrogen-bond donors (Lipinski definition) is 0. The number of nitrogens with zero attached hydrogens (tertiary/aromatic N) is 3. The van der Waals surface area contributed by atoms with Gasteiger partial charge in [-0.1, -0.05) is 0 Å². The Balaban J connectivity index is 2.44. The van der Waals surface area contributed by atoms with Gasteiger partial charge in [-0.2, -0.15) is 14.9 Å². The molecule has 5 nitrogen and oxygen atoms in total. The average Bonchev–Trinajstić information content (AvgIpc) is 2.02. The molecule has 1 aromatic heterocycles. The van der Waals surface area contributed by atoms with E-state index in [4.69, 9.17) is 9.78 Å². The summed E-state index contributed by atoms with van der Waals surface area (Å²) in [4.78, 5) is 20.8. The highest BCUT2D eigenvalue weighted by atomic mass is 17.2. The van der Waals surface area contributed by atoms with Crippen LogP contribution in [0, 0.1) is 0 Å². The van der Waals surface area contributed by atoms with Gasteiger partial charge in [0.15, 0.2) is 0 Å². The summed E-state index contributed by atoms with van der Waals surface area (Å²) in [5.41, 5.74) is -0.368. The van der Waals surface area contributed by atoms with E-state index >= 15 is 0 Å². The molecule has 0 aliphatic carbocycles. The predicted octanol–water partition coefficient (Wildman–Crippen LogP) is 0.980. The SMILES string of the molecule is CC(C)(C)OOc1ncncn1. The lowest BCUT2D eigenvalue weighted by Gasteiger charge is -2.15. The molecule has 1 rings (SSSR count). The van der Waals surface area contributed by atoms with Crippen LogP contribution in [-0.2, 0) is 4.89 Å². The third kappa shape index (κ3) is 3.25. The topological polar surface area (TPSA) is 57.1 Å². The van der Waals surface area contributed by atoms with Gasteiger partial charge in [-0.3, -0.25) is 4.89 Å². The minimum Gasteiger partial charge on any atom is -0.294 e. The van der Waals surface area contributed by atoms with Gasteiger partial charge < -0.3 is 0 Å². The van der Waals surface area contributed by atoms with Gasteiger partial charge in [-0.15, -0.1) is 0 Å². The Morgan fingerprint density at radius 2 is 1.75 bits per heavy atom. The van der Waals surface area contributed by atoms with E-state index in [1.807, 2.05) is 20.8 Å². The van der Waals surface area contributed by atoms with Gasteiger partial charge >= 0.3 is 6.01 Å². The molecule has 12 heavy (non-hydrogen) atoms. The molecule has 0 aliphatic rings. The molecule has 0 radical (unpaired) electrons. The van der Waals surface area contributed by atoms with Crippen molar-refractivity contribution in [3.8, 4) is 6.01 Å². The van der Waals surface area contributed by atoms with Crippen molar-refractivity contribution in [2.75, 3.05) is 0 Å². The smallest absolute Gasteiger partial charge is 0.294 e. The van der Waals surface area contributed by atoms with Crippen LogP contribution in [0.1, 0.15) is 20.8 Å². The zero-order valence-electron chi connectivity index (χ0n) is 7.31. The minimum absolute atomic E-state index is 0.167. The van der Waals surface area contributed by atoms with Crippen LogP contribution in [0.25, 0.3) is 0 Å². The third-order valence-electron chi connectivity index (χ3n) is 0.836. The van der Waals surface area contributed by atoms with E-state index in [0.717, 1.165) is 0 Å². The lowest BCUT2D eigenvalue weighted by Crippen LogP contribution is -2.21. The van der Waals surface area contributed by atoms with Crippen molar-refractivity contribution in [1.29, 1.82) is 0 Å². The van der Waals surface area contributed by atoms with Crippen molar-refractivity contribution in [2.45, 2.75) is 26.4 Å². The summed E-state index contributed by atoms with van der Waals surface area (Å²) in [5.74, 6) is 0. The molecule has 0 aromatic carbocycles. The lowest BCUT2D eigenvalue weighted by atomic mass is 10.2. The highest BCUT2D eigenvalue weighted by molar-refractivity contribution is 4.84. The molecule has 0 bridgehead atoms. The van der Waals surface area contributed by atoms with E-state index in [-0.39, 0.29) is 11.6 Å². The molecule has 0 unspecified atom stereocenters. The Morgan fingerprint density at radius 3 is 2.25 bits per heavy atom. The molecule has 0 saturated heterocycles. The van der Waals surface area contributed by atoms with Gasteiger partial charge in [0, 0.05) is 0 Å². The molecule has 0 spiro atoms. The van der Waals surface area contributed by atoms with E-state index in [1.54, 1.807) is 0 Å². The first-order valence-electron chi connectivity index (χ1n) is 3.55. The zero-order chi connectivity index (χ0) is 9.03. The van der Waals surface area contributed by atoms with Crippen molar-refractivity contribution in [3.63, 3.8) is 0 Å². The highest BCUT2D eigenvalue weighted by Crippen LogP contribution is 2.08.